The van der Waals surface area contributed by atoms with Crippen molar-refractivity contribution in [1.82, 2.24) is 19.2 Å². The van der Waals surface area contributed by atoms with Gasteiger partial charge >= 0.3 is 5.69 Å². The molecule has 10 nitrogen and oxygen atoms in total. The third-order valence-corrected chi connectivity index (χ3v) is 10.2. The first-order valence-electron chi connectivity index (χ1n) is 14.5. The molecule has 11 heteroatoms. The molecule has 220 valence electrons. The van der Waals surface area contributed by atoms with Gasteiger partial charge in [-0.15, -0.1) is 0 Å². The van der Waals surface area contributed by atoms with E-state index in [2.05, 4.69) is 17.2 Å². The highest BCUT2D eigenvalue weighted by Crippen LogP contribution is 2.32. The first-order chi connectivity index (χ1) is 19.1. The van der Waals surface area contributed by atoms with Gasteiger partial charge in [-0.05, 0) is 68.4 Å². The number of unbranched alkanes of at least 4 members (excludes halogenated alkanes) is 6. The number of sulfonamides is 1. The van der Waals surface area contributed by atoms with Gasteiger partial charge < -0.3 is 15.4 Å². The Morgan fingerprint density at radius 2 is 1.60 bits per heavy atom. The number of carbonyl (C=O) groups excluding carboxylic acids is 1. The van der Waals surface area contributed by atoms with E-state index < -0.39 is 21.3 Å². The molecule has 0 bridgehead atoms. The number of carbonyl (C=O) groups is 1. The molecular formula is C29H43N5O5S. The van der Waals surface area contributed by atoms with Crippen molar-refractivity contribution in [2.45, 2.75) is 96.9 Å². The van der Waals surface area contributed by atoms with Gasteiger partial charge in [0.2, 0.25) is 15.9 Å². The molecule has 1 fully saturated rings. The van der Waals surface area contributed by atoms with Crippen LogP contribution >= 0.6 is 0 Å². The van der Waals surface area contributed by atoms with E-state index in [-0.39, 0.29) is 30.6 Å². The second kappa shape index (κ2) is 12.7. The summed E-state index contributed by atoms with van der Waals surface area (Å²) < 4.78 is 29.2. The van der Waals surface area contributed by atoms with Crippen molar-refractivity contribution in [3.05, 3.63) is 45.5 Å². The number of nitrogens with one attached hydrogen (secondary N) is 2. The Morgan fingerprint density at radius 3 is 2.20 bits per heavy atom. The molecule has 0 saturated carbocycles. The molecule has 0 aliphatic carbocycles. The number of nitrogens with zero attached hydrogens (tertiary/aromatic N) is 3. The summed E-state index contributed by atoms with van der Waals surface area (Å²) in [6, 6.07) is 3.55. The number of aryl methyl sites for hydroxylation is 2. The monoisotopic (exact) mass is 573 g/mol. The number of aromatic nitrogens is 2. The number of amidine groups is 1. The summed E-state index contributed by atoms with van der Waals surface area (Å²) >= 11 is 0. The highest BCUT2D eigenvalue weighted by atomic mass is 32.2. The van der Waals surface area contributed by atoms with Gasteiger partial charge in [-0.3, -0.25) is 9.79 Å². The molecule has 40 heavy (non-hydrogen) atoms. The Hall–Kier alpha value is -2.92. The van der Waals surface area contributed by atoms with E-state index >= 15 is 0 Å². The number of imidazole rings is 1. The Labute approximate surface area is 236 Å². The van der Waals surface area contributed by atoms with E-state index in [1.807, 2.05) is 13.8 Å². The molecule has 2 aliphatic rings. The van der Waals surface area contributed by atoms with Crippen LogP contribution < -0.4 is 11.0 Å². The number of H-pyrrole nitrogens is 1. The van der Waals surface area contributed by atoms with Gasteiger partial charge in [0.15, 0.2) is 0 Å². The van der Waals surface area contributed by atoms with Crippen molar-refractivity contribution in [2.24, 2.45) is 4.99 Å². The maximum atomic E-state index is 13.2. The Morgan fingerprint density at radius 1 is 0.975 bits per heavy atom. The third-order valence-electron chi connectivity index (χ3n) is 8.30. The van der Waals surface area contributed by atoms with E-state index in [0.717, 1.165) is 41.8 Å². The summed E-state index contributed by atoms with van der Waals surface area (Å²) in [5.74, 6) is 0.420. The molecule has 1 saturated heterocycles. The van der Waals surface area contributed by atoms with Crippen LogP contribution in [0.2, 0.25) is 0 Å². The quantitative estimate of drug-likeness (QED) is 0.313. The van der Waals surface area contributed by atoms with Crippen molar-refractivity contribution >= 4 is 21.8 Å². The fourth-order valence-corrected chi connectivity index (χ4v) is 7.35. The normalized spacial score (nSPS) is 17.4. The SMILES string of the molecule is CCCCCCCCCC1=NC2(CCN(S(=O)(=O)CCc3c(C)cc(-n4c(O)c[nH]c4=O)cc3C)CC2)C(=O)N1. The highest BCUT2D eigenvalue weighted by Gasteiger charge is 2.47. The number of hydrogen-bond acceptors (Lipinski definition) is 6. The molecule has 3 N–H and O–H groups in total. The minimum Gasteiger partial charge on any atom is -0.493 e. The number of benzene rings is 1. The van der Waals surface area contributed by atoms with Crippen LogP contribution in [-0.4, -0.2) is 63.5 Å². The molecule has 2 aliphatic heterocycles. The van der Waals surface area contributed by atoms with Gasteiger partial charge in [-0.1, -0.05) is 45.4 Å². The molecule has 3 heterocycles. The number of aromatic amines is 1. The fraction of sp³-hybridized carbons (Fsp3) is 0.621. The summed E-state index contributed by atoms with van der Waals surface area (Å²) in [6.07, 6.45) is 11.5. The van der Waals surface area contributed by atoms with Crippen molar-refractivity contribution in [3.8, 4) is 11.6 Å². The summed E-state index contributed by atoms with van der Waals surface area (Å²) in [4.78, 5) is 32.1. The first kappa shape index (κ1) is 30.0. The van der Waals surface area contributed by atoms with Crippen LogP contribution in [0.4, 0.5) is 0 Å². The van der Waals surface area contributed by atoms with Crippen LogP contribution in [0.15, 0.2) is 28.1 Å². The summed E-state index contributed by atoms with van der Waals surface area (Å²) in [6.45, 7) is 6.51. The number of rotatable bonds is 13. The second-order valence-corrected chi connectivity index (χ2v) is 13.3. The van der Waals surface area contributed by atoms with Crippen LogP contribution in [0.25, 0.3) is 5.69 Å². The minimum atomic E-state index is -3.53. The zero-order valence-electron chi connectivity index (χ0n) is 24.0. The van der Waals surface area contributed by atoms with Gasteiger partial charge in [0.1, 0.15) is 11.4 Å². The highest BCUT2D eigenvalue weighted by molar-refractivity contribution is 7.89. The van der Waals surface area contributed by atoms with Gasteiger partial charge in [0.05, 0.1) is 17.6 Å². The van der Waals surface area contributed by atoms with Gasteiger partial charge in [0.25, 0.3) is 5.91 Å². The third kappa shape index (κ3) is 6.68. The maximum Gasteiger partial charge on any atom is 0.333 e. The van der Waals surface area contributed by atoms with Crippen LogP contribution in [0.5, 0.6) is 5.88 Å². The fourth-order valence-electron chi connectivity index (χ4n) is 5.89. The van der Waals surface area contributed by atoms with Crippen LogP contribution in [0, 0.1) is 13.8 Å². The minimum absolute atomic E-state index is 0.0463. The number of piperidine rings is 1. The summed E-state index contributed by atoms with van der Waals surface area (Å²) in [5.41, 5.74) is 1.83. The lowest BCUT2D eigenvalue weighted by Crippen LogP contribution is -2.50. The zero-order valence-corrected chi connectivity index (χ0v) is 24.8. The topological polar surface area (TPSA) is 137 Å². The standard InChI is InChI=1S/C29H43N5O5S/c1-4-5-6-7-8-9-10-11-25-31-27(36)29(32-25)13-15-33(16-14-29)40(38,39)17-12-24-21(2)18-23(19-22(24)3)34-26(35)20-30-28(34)37/h18-20,35H,4-17H2,1-3H3,(H,30,37)(H,31,32,36). The van der Waals surface area contributed by atoms with E-state index in [9.17, 15) is 23.1 Å². The summed E-state index contributed by atoms with van der Waals surface area (Å²) in [7, 11) is -3.53. The predicted molar refractivity (Wildman–Crippen MR) is 157 cm³/mol. The predicted octanol–water partition coefficient (Wildman–Crippen LogP) is 3.86. The molecule has 0 atom stereocenters. The van der Waals surface area contributed by atoms with Gasteiger partial charge in [-0.2, -0.15) is 0 Å². The molecular weight excluding hydrogens is 530 g/mol. The summed E-state index contributed by atoms with van der Waals surface area (Å²) in [5, 5.41) is 13.0. The number of aromatic hydroxyl groups is 1. The van der Waals surface area contributed by atoms with Crippen LogP contribution in [0.3, 0.4) is 0 Å². The molecule has 0 unspecified atom stereocenters. The average Bonchev–Trinajstić information content (AvgIpc) is 3.40. The number of hydrogen-bond donors (Lipinski definition) is 3. The Balaban J connectivity index is 1.31. The zero-order chi connectivity index (χ0) is 28.9. The Bertz CT molecular complexity index is 1380. The Kier molecular flexibility index (Phi) is 9.56. The van der Waals surface area contributed by atoms with Gasteiger partial charge in [-0.25, -0.2) is 22.1 Å². The van der Waals surface area contributed by atoms with Crippen LogP contribution in [-0.2, 0) is 21.2 Å². The van der Waals surface area contributed by atoms with Crippen molar-refractivity contribution in [3.63, 3.8) is 0 Å². The molecule has 1 aromatic heterocycles. The molecule has 1 aromatic carbocycles. The van der Waals surface area contributed by atoms with E-state index in [4.69, 9.17) is 4.99 Å². The largest absolute Gasteiger partial charge is 0.493 e. The van der Waals surface area contributed by atoms with Crippen molar-refractivity contribution in [2.75, 3.05) is 18.8 Å². The van der Waals surface area contributed by atoms with E-state index in [0.29, 0.717) is 24.9 Å². The maximum absolute atomic E-state index is 13.2. The molecule has 1 amide bonds. The molecule has 2 aromatic rings. The van der Waals surface area contributed by atoms with Gasteiger partial charge in [0, 0.05) is 19.5 Å². The van der Waals surface area contributed by atoms with Crippen LogP contribution in [0.1, 0.15) is 87.8 Å². The first-order valence-corrected chi connectivity index (χ1v) is 16.1. The number of amides is 1. The lowest BCUT2D eigenvalue weighted by atomic mass is 9.89. The van der Waals surface area contributed by atoms with E-state index in [1.165, 1.54) is 47.2 Å². The molecule has 1 spiro atoms. The van der Waals surface area contributed by atoms with E-state index in [1.54, 1.807) is 12.1 Å². The van der Waals surface area contributed by atoms with Crippen molar-refractivity contribution < 1.29 is 18.3 Å². The second-order valence-electron chi connectivity index (χ2n) is 11.2. The smallest absolute Gasteiger partial charge is 0.333 e. The molecule has 0 radical (unpaired) electrons. The number of aliphatic imine (C=N–C) groups is 1. The molecule has 4 rings (SSSR count). The lowest BCUT2D eigenvalue weighted by Gasteiger charge is -2.34. The van der Waals surface area contributed by atoms with Crippen molar-refractivity contribution in [1.29, 1.82) is 0 Å². The lowest BCUT2D eigenvalue weighted by molar-refractivity contribution is -0.124. The average molecular weight is 574 g/mol.